The van der Waals surface area contributed by atoms with Gasteiger partial charge in [-0.3, -0.25) is 4.98 Å². The Morgan fingerprint density at radius 2 is 2.16 bits per heavy atom. The lowest BCUT2D eigenvalue weighted by molar-refractivity contribution is 0.193. The van der Waals surface area contributed by atoms with Gasteiger partial charge in [0.25, 0.3) is 0 Å². The van der Waals surface area contributed by atoms with E-state index in [0.717, 1.165) is 36.5 Å². The summed E-state index contributed by atoms with van der Waals surface area (Å²) >= 11 is 0. The fraction of sp³-hybridized carbons (Fsp3) is 0.429. The lowest BCUT2D eigenvalue weighted by atomic mass is 9.97. The molecule has 1 atom stereocenters. The molecule has 3 aromatic rings. The number of aryl methyl sites for hydroxylation is 2. The summed E-state index contributed by atoms with van der Waals surface area (Å²) < 4.78 is 6.00. The van der Waals surface area contributed by atoms with Crippen molar-refractivity contribution in [3.8, 4) is 0 Å². The summed E-state index contributed by atoms with van der Waals surface area (Å²) in [6.07, 6.45) is 8.54. The second kappa shape index (κ2) is 7.36. The number of piperidine rings is 1. The first-order valence-electron chi connectivity index (χ1n) is 9.27. The van der Waals surface area contributed by atoms with Crippen molar-refractivity contribution in [2.45, 2.75) is 38.5 Å². The van der Waals surface area contributed by atoms with E-state index in [-0.39, 0.29) is 0 Å². The first kappa shape index (κ1) is 16.3. The Kier molecular flexibility index (Phi) is 4.79. The molecule has 4 nitrogen and oxygen atoms in total. The van der Waals surface area contributed by atoms with E-state index in [0.29, 0.717) is 5.92 Å². The molecule has 0 spiro atoms. The number of benzene rings is 1. The fourth-order valence-electron chi connectivity index (χ4n) is 3.78. The smallest absolute Gasteiger partial charge is 0.199 e. The van der Waals surface area contributed by atoms with Gasteiger partial charge in [-0.25, -0.2) is 4.98 Å². The molecule has 0 amide bonds. The van der Waals surface area contributed by atoms with E-state index in [2.05, 4.69) is 22.9 Å². The molecule has 4 rings (SSSR count). The second-order valence-corrected chi connectivity index (χ2v) is 7.07. The molecule has 1 unspecified atom stereocenters. The number of fused-ring (bicyclic) bond motifs is 1. The second-order valence-electron chi connectivity index (χ2n) is 7.07. The molecule has 1 aromatic carbocycles. The molecule has 0 bridgehead atoms. The van der Waals surface area contributed by atoms with Crippen molar-refractivity contribution in [1.82, 2.24) is 14.9 Å². The Balaban J connectivity index is 1.35. The molecule has 0 N–H and O–H groups in total. The average Bonchev–Trinajstić information content (AvgIpc) is 3.08. The van der Waals surface area contributed by atoms with Crippen LogP contribution in [0.5, 0.6) is 0 Å². The Hall–Kier alpha value is -2.20. The van der Waals surface area contributed by atoms with Crippen LogP contribution in [0.3, 0.4) is 0 Å². The van der Waals surface area contributed by atoms with E-state index in [9.17, 15) is 0 Å². The van der Waals surface area contributed by atoms with Crippen LogP contribution in [-0.2, 0) is 6.42 Å². The van der Waals surface area contributed by atoms with Crippen molar-refractivity contribution in [1.29, 1.82) is 0 Å². The predicted octanol–water partition coefficient (Wildman–Crippen LogP) is 4.34. The van der Waals surface area contributed by atoms with Gasteiger partial charge in [0.1, 0.15) is 5.52 Å². The topological polar surface area (TPSA) is 42.2 Å². The number of hydrogen-bond acceptors (Lipinski definition) is 4. The predicted molar refractivity (Wildman–Crippen MR) is 99.7 cm³/mol. The highest BCUT2D eigenvalue weighted by Crippen LogP contribution is 2.29. The normalized spacial score (nSPS) is 18.7. The van der Waals surface area contributed by atoms with Crippen molar-refractivity contribution >= 4 is 11.1 Å². The largest absolute Gasteiger partial charge is 0.440 e. The van der Waals surface area contributed by atoms with Gasteiger partial charge in [0, 0.05) is 24.9 Å². The Morgan fingerprint density at radius 1 is 1.24 bits per heavy atom. The molecule has 0 aliphatic carbocycles. The summed E-state index contributed by atoms with van der Waals surface area (Å²) in [5.74, 6) is 1.33. The van der Waals surface area contributed by atoms with Crippen LogP contribution < -0.4 is 0 Å². The third kappa shape index (κ3) is 3.74. The van der Waals surface area contributed by atoms with E-state index in [1.807, 2.05) is 36.7 Å². The van der Waals surface area contributed by atoms with Crippen LogP contribution >= 0.6 is 0 Å². The Bertz CT molecular complexity index is 809. The number of para-hydroxylation sites is 2. The van der Waals surface area contributed by atoms with Crippen molar-refractivity contribution in [3.05, 3.63) is 59.7 Å². The summed E-state index contributed by atoms with van der Waals surface area (Å²) in [5, 5.41) is 0. The van der Waals surface area contributed by atoms with Gasteiger partial charge in [-0.15, -0.1) is 0 Å². The van der Waals surface area contributed by atoms with Crippen LogP contribution in [0, 0.1) is 6.92 Å². The summed E-state index contributed by atoms with van der Waals surface area (Å²) in [4.78, 5) is 11.5. The van der Waals surface area contributed by atoms with Gasteiger partial charge in [0.15, 0.2) is 11.5 Å². The van der Waals surface area contributed by atoms with Gasteiger partial charge >= 0.3 is 0 Å². The average molecular weight is 335 g/mol. The minimum Gasteiger partial charge on any atom is -0.440 e. The third-order valence-corrected chi connectivity index (χ3v) is 5.23. The van der Waals surface area contributed by atoms with Gasteiger partial charge in [-0.1, -0.05) is 12.1 Å². The van der Waals surface area contributed by atoms with Gasteiger partial charge in [-0.2, -0.15) is 0 Å². The summed E-state index contributed by atoms with van der Waals surface area (Å²) in [5.41, 5.74) is 4.59. The summed E-state index contributed by atoms with van der Waals surface area (Å²) in [6.45, 7) is 5.54. The number of aromatic nitrogens is 2. The zero-order valence-electron chi connectivity index (χ0n) is 14.8. The highest BCUT2D eigenvalue weighted by atomic mass is 16.3. The summed E-state index contributed by atoms with van der Waals surface area (Å²) in [6, 6.07) is 10.1. The maximum Gasteiger partial charge on any atom is 0.199 e. The first-order valence-corrected chi connectivity index (χ1v) is 9.27. The van der Waals surface area contributed by atoms with E-state index in [1.54, 1.807) is 0 Å². The maximum atomic E-state index is 6.00. The van der Waals surface area contributed by atoms with Crippen molar-refractivity contribution in [3.63, 3.8) is 0 Å². The molecule has 1 aliphatic rings. The van der Waals surface area contributed by atoms with Crippen LogP contribution in [-0.4, -0.2) is 34.5 Å². The van der Waals surface area contributed by atoms with Crippen LogP contribution in [0.4, 0.5) is 0 Å². The molecule has 1 fully saturated rings. The molecule has 3 heterocycles. The minimum absolute atomic E-state index is 0.418. The lowest BCUT2D eigenvalue weighted by Gasteiger charge is -2.31. The van der Waals surface area contributed by atoms with Crippen LogP contribution in [0.1, 0.15) is 42.2 Å². The van der Waals surface area contributed by atoms with Gasteiger partial charge in [0.05, 0.1) is 0 Å². The quantitative estimate of drug-likeness (QED) is 0.695. The number of oxazole rings is 1. The highest BCUT2D eigenvalue weighted by molar-refractivity contribution is 5.72. The van der Waals surface area contributed by atoms with Crippen molar-refractivity contribution in [2.75, 3.05) is 19.6 Å². The molecule has 1 saturated heterocycles. The number of likely N-dealkylation sites (tertiary alicyclic amines) is 1. The third-order valence-electron chi connectivity index (χ3n) is 5.23. The van der Waals surface area contributed by atoms with Crippen LogP contribution in [0.2, 0.25) is 0 Å². The minimum atomic E-state index is 0.418. The van der Waals surface area contributed by atoms with Crippen LogP contribution in [0.25, 0.3) is 11.1 Å². The number of rotatable bonds is 5. The molecule has 25 heavy (non-hydrogen) atoms. The molecule has 0 saturated carbocycles. The van der Waals surface area contributed by atoms with E-state index in [4.69, 9.17) is 9.40 Å². The van der Waals surface area contributed by atoms with Crippen molar-refractivity contribution in [2.24, 2.45) is 0 Å². The molecular weight excluding hydrogens is 310 g/mol. The van der Waals surface area contributed by atoms with Crippen molar-refractivity contribution < 1.29 is 4.42 Å². The Morgan fingerprint density at radius 3 is 3.04 bits per heavy atom. The van der Waals surface area contributed by atoms with Gasteiger partial charge in [0.2, 0.25) is 0 Å². The molecular formula is C21H25N3O. The zero-order chi connectivity index (χ0) is 17.1. The molecule has 4 heteroatoms. The van der Waals surface area contributed by atoms with E-state index >= 15 is 0 Å². The summed E-state index contributed by atoms with van der Waals surface area (Å²) in [7, 11) is 0. The van der Waals surface area contributed by atoms with Crippen LogP contribution in [0.15, 0.2) is 47.1 Å². The SMILES string of the molecule is Cc1ccncc1CCCN1CCCC(c2nc3ccccc3o2)C1. The standard InChI is InChI=1S/C21H25N3O/c1-16-10-11-22-14-17(16)6-4-12-24-13-5-7-18(15-24)21-23-19-8-2-3-9-20(19)25-21/h2-3,8-11,14,18H,4-7,12-13,15H2,1H3. The molecule has 0 radical (unpaired) electrons. The monoisotopic (exact) mass is 335 g/mol. The first-order chi connectivity index (χ1) is 12.3. The Labute approximate surface area is 148 Å². The molecule has 130 valence electrons. The fourth-order valence-corrected chi connectivity index (χ4v) is 3.78. The number of nitrogens with zero attached hydrogens (tertiary/aromatic N) is 3. The number of pyridine rings is 1. The van der Waals surface area contributed by atoms with E-state index in [1.165, 1.54) is 36.9 Å². The van der Waals surface area contributed by atoms with E-state index < -0.39 is 0 Å². The molecule has 1 aliphatic heterocycles. The molecule has 2 aromatic heterocycles. The van der Waals surface area contributed by atoms with Gasteiger partial charge in [-0.05, 0) is 75.0 Å². The number of hydrogen-bond donors (Lipinski definition) is 0. The lowest BCUT2D eigenvalue weighted by Crippen LogP contribution is -2.35. The highest BCUT2D eigenvalue weighted by Gasteiger charge is 2.25. The van der Waals surface area contributed by atoms with Gasteiger partial charge < -0.3 is 9.32 Å². The maximum absolute atomic E-state index is 6.00. The zero-order valence-corrected chi connectivity index (χ0v) is 14.8.